The maximum absolute atomic E-state index is 4.43. The van der Waals surface area contributed by atoms with Gasteiger partial charge in [-0.2, -0.15) is 0 Å². The summed E-state index contributed by atoms with van der Waals surface area (Å²) in [4.78, 5) is 0. The van der Waals surface area contributed by atoms with Gasteiger partial charge in [0.25, 0.3) is 0 Å². The van der Waals surface area contributed by atoms with Crippen molar-refractivity contribution in [3.63, 3.8) is 0 Å². The predicted molar refractivity (Wildman–Crippen MR) is 102 cm³/mol. The lowest BCUT2D eigenvalue weighted by Crippen LogP contribution is -2.20. The van der Waals surface area contributed by atoms with Crippen molar-refractivity contribution < 1.29 is 0 Å². The van der Waals surface area contributed by atoms with E-state index < -0.39 is 0 Å². The van der Waals surface area contributed by atoms with Gasteiger partial charge in [-0.3, -0.25) is 0 Å². The Kier molecular flexibility index (Phi) is 4.76. The largest absolute Gasteiger partial charge is 0.0622 e. The molecule has 0 heteroatoms. The van der Waals surface area contributed by atoms with E-state index in [9.17, 15) is 0 Å². The smallest absolute Gasteiger partial charge is 0.00898 e. The SMILES string of the molecule is [CH2]c1c(C(C)(C)C)cc(C([CH2])c2ccccc2)cc1C(C)(C)C. The van der Waals surface area contributed by atoms with Crippen molar-refractivity contribution in [1.29, 1.82) is 0 Å². The van der Waals surface area contributed by atoms with E-state index in [0.29, 0.717) is 0 Å². The van der Waals surface area contributed by atoms with Gasteiger partial charge >= 0.3 is 0 Å². The van der Waals surface area contributed by atoms with Gasteiger partial charge < -0.3 is 0 Å². The van der Waals surface area contributed by atoms with E-state index in [0.717, 1.165) is 0 Å². The van der Waals surface area contributed by atoms with E-state index in [-0.39, 0.29) is 16.7 Å². The van der Waals surface area contributed by atoms with E-state index in [1.807, 2.05) is 0 Å². The first-order valence-corrected chi connectivity index (χ1v) is 8.40. The molecule has 1 unspecified atom stereocenters. The van der Waals surface area contributed by atoms with Gasteiger partial charge in [0.15, 0.2) is 0 Å². The lowest BCUT2D eigenvalue weighted by molar-refractivity contribution is 0.562. The van der Waals surface area contributed by atoms with Crippen LogP contribution in [0, 0.1) is 13.8 Å². The summed E-state index contributed by atoms with van der Waals surface area (Å²) in [5.74, 6) is 0.138. The molecule has 122 valence electrons. The summed E-state index contributed by atoms with van der Waals surface area (Å²) in [5, 5.41) is 0. The van der Waals surface area contributed by atoms with E-state index in [1.54, 1.807) is 0 Å². The normalized spacial score (nSPS) is 13.9. The highest BCUT2D eigenvalue weighted by atomic mass is 14.3. The molecule has 0 bridgehead atoms. The Bertz CT molecular complexity index is 628. The van der Waals surface area contributed by atoms with Crippen molar-refractivity contribution in [2.75, 3.05) is 0 Å². The summed E-state index contributed by atoms with van der Waals surface area (Å²) < 4.78 is 0. The second-order valence-corrected chi connectivity index (χ2v) is 8.56. The van der Waals surface area contributed by atoms with Gasteiger partial charge in [0.05, 0.1) is 0 Å². The summed E-state index contributed by atoms with van der Waals surface area (Å²) in [5.41, 5.74) is 6.50. The fourth-order valence-electron chi connectivity index (χ4n) is 3.11. The highest BCUT2D eigenvalue weighted by Crippen LogP contribution is 2.37. The molecular weight excluding hydrogens is 276 g/mol. The van der Waals surface area contributed by atoms with Crippen LogP contribution in [-0.2, 0) is 10.8 Å². The fourth-order valence-corrected chi connectivity index (χ4v) is 3.11. The zero-order chi connectivity index (χ0) is 17.4. The molecule has 0 amide bonds. The van der Waals surface area contributed by atoms with Crippen LogP contribution in [0.5, 0.6) is 0 Å². The highest BCUT2D eigenvalue weighted by Gasteiger charge is 2.25. The molecule has 2 aromatic rings. The Hall–Kier alpha value is -1.56. The molecule has 2 radical (unpaired) electrons. The molecule has 0 heterocycles. The van der Waals surface area contributed by atoms with Crippen molar-refractivity contribution in [2.24, 2.45) is 0 Å². The molecule has 2 rings (SSSR count). The lowest BCUT2D eigenvalue weighted by atomic mass is 9.74. The third-order valence-corrected chi connectivity index (χ3v) is 4.49. The summed E-state index contributed by atoms with van der Waals surface area (Å²) >= 11 is 0. The van der Waals surface area contributed by atoms with Crippen LogP contribution in [0.1, 0.15) is 75.3 Å². The maximum Gasteiger partial charge on any atom is 0.00898 e. The molecule has 0 saturated carbocycles. The third-order valence-electron chi connectivity index (χ3n) is 4.49. The van der Waals surface area contributed by atoms with Gasteiger partial charge in [0.1, 0.15) is 0 Å². The van der Waals surface area contributed by atoms with Gasteiger partial charge in [-0.15, -0.1) is 0 Å². The van der Waals surface area contributed by atoms with E-state index in [4.69, 9.17) is 0 Å². The van der Waals surface area contributed by atoms with Gasteiger partial charge in [0, 0.05) is 5.92 Å². The summed E-state index contributed by atoms with van der Waals surface area (Å²) in [6.45, 7) is 22.4. The molecule has 0 aliphatic carbocycles. The molecular formula is C23H30. The first-order chi connectivity index (χ1) is 10.5. The average Bonchev–Trinajstić information content (AvgIpc) is 2.45. The fraction of sp³-hybridized carbons (Fsp3) is 0.391. The number of hydrogen-bond donors (Lipinski definition) is 0. The van der Waals surface area contributed by atoms with Crippen LogP contribution in [0.3, 0.4) is 0 Å². The van der Waals surface area contributed by atoms with Crippen molar-refractivity contribution in [2.45, 2.75) is 58.3 Å². The Morgan fingerprint density at radius 3 is 1.57 bits per heavy atom. The molecule has 0 N–H and O–H groups in total. The number of rotatable bonds is 2. The molecule has 23 heavy (non-hydrogen) atoms. The Balaban J connectivity index is 2.65. The minimum atomic E-state index is 0.0729. The molecule has 0 aromatic heterocycles. The standard InChI is InChI=1S/C23H30/c1-16(18-12-10-9-11-13-18)19-14-20(22(3,4)5)17(2)21(15-19)23(6,7)8/h9-16H,1-2H2,3-8H3. The van der Waals surface area contributed by atoms with Crippen molar-refractivity contribution in [3.8, 4) is 0 Å². The van der Waals surface area contributed by atoms with Crippen molar-refractivity contribution in [1.82, 2.24) is 0 Å². The lowest BCUT2D eigenvalue weighted by Gasteiger charge is -2.31. The van der Waals surface area contributed by atoms with Crippen LogP contribution in [0.2, 0.25) is 0 Å². The Morgan fingerprint density at radius 2 is 1.17 bits per heavy atom. The quantitative estimate of drug-likeness (QED) is 0.599. The molecule has 0 saturated heterocycles. The van der Waals surface area contributed by atoms with Crippen molar-refractivity contribution >= 4 is 0 Å². The second-order valence-electron chi connectivity index (χ2n) is 8.56. The van der Waals surface area contributed by atoms with Crippen LogP contribution >= 0.6 is 0 Å². The Morgan fingerprint density at radius 1 is 0.739 bits per heavy atom. The molecule has 0 fully saturated rings. The van der Waals surface area contributed by atoms with Crippen LogP contribution in [0.25, 0.3) is 0 Å². The number of benzene rings is 2. The molecule has 2 aromatic carbocycles. The zero-order valence-corrected chi connectivity index (χ0v) is 15.5. The van der Waals surface area contributed by atoms with Gasteiger partial charge in [0.2, 0.25) is 0 Å². The zero-order valence-electron chi connectivity index (χ0n) is 15.5. The molecule has 0 aliphatic rings. The summed E-state index contributed by atoms with van der Waals surface area (Å²) in [6, 6.07) is 15.1. The second kappa shape index (κ2) is 6.15. The molecule has 0 nitrogen and oxygen atoms in total. The first-order valence-electron chi connectivity index (χ1n) is 8.40. The number of hydrogen-bond acceptors (Lipinski definition) is 0. The van der Waals surface area contributed by atoms with Crippen LogP contribution < -0.4 is 0 Å². The minimum Gasteiger partial charge on any atom is -0.0622 e. The van der Waals surface area contributed by atoms with Crippen LogP contribution in [-0.4, -0.2) is 0 Å². The molecule has 1 atom stereocenters. The van der Waals surface area contributed by atoms with Gasteiger partial charge in [-0.1, -0.05) is 84.0 Å². The van der Waals surface area contributed by atoms with E-state index >= 15 is 0 Å². The topological polar surface area (TPSA) is 0 Å². The average molecular weight is 306 g/mol. The summed E-state index contributed by atoms with van der Waals surface area (Å²) in [6.07, 6.45) is 0. The summed E-state index contributed by atoms with van der Waals surface area (Å²) in [7, 11) is 0. The van der Waals surface area contributed by atoms with Gasteiger partial charge in [-0.25, -0.2) is 0 Å². The highest BCUT2D eigenvalue weighted by molar-refractivity contribution is 5.50. The predicted octanol–water partition coefficient (Wildman–Crippen LogP) is 6.43. The van der Waals surface area contributed by atoms with Gasteiger partial charge in [-0.05, 0) is 52.5 Å². The molecule has 0 spiro atoms. The first kappa shape index (κ1) is 17.8. The van der Waals surface area contributed by atoms with E-state index in [2.05, 4.69) is 97.9 Å². The molecule has 0 aliphatic heterocycles. The monoisotopic (exact) mass is 306 g/mol. The third kappa shape index (κ3) is 3.86. The minimum absolute atomic E-state index is 0.0729. The van der Waals surface area contributed by atoms with Crippen LogP contribution in [0.4, 0.5) is 0 Å². The van der Waals surface area contributed by atoms with Crippen molar-refractivity contribution in [3.05, 3.63) is 84.1 Å². The van der Waals surface area contributed by atoms with E-state index in [1.165, 1.54) is 27.8 Å². The van der Waals surface area contributed by atoms with Crippen LogP contribution in [0.15, 0.2) is 42.5 Å². The Labute approximate surface area is 143 Å². The maximum atomic E-state index is 4.43.